The predicted octanol–water partition coefficient (Wildman–Crippen LogP) is 1.62. The number of anilines is 1. The molecule has 1 aliphatic rings. The van der Waals surface area contributed by atoms with Crippen molar-refractivity contribution in [3.8, 4) is 11.8 Å². The average Bonchev–Trinajstić information content (AvgIpc) is 2.88. The fourth-order valence-electron chi connectivity index (χ4n) is 2.30. The minimum atomic E-state index is -0.193. The number of benzene rings is 1. The van der Waals surface area contributed by atoms with E-state index in [0.29, 0.717) is 6.54 Å². The molecule has 1 atom stereocenters. The molecule has 0 spiro atoms. The van der Waals surface area contributed by atoms with E-state index < -0.39 is 0 Å². The summed E-state index contributed by atoms with van der Waals surface area (Å²) in [6, 6.07) is 9.13. The smallest absolute Gasteiger partial charge is 0.241 e. The molecule has 0 bridgehead atoms. The molecule has 0 aromatic heterocycles. The van der Waals surface area contributed by atoms with Crippen LogP contribution in [-0.2, 0) is 4.79 Å². The Bertz CT molecular complexity index is 478. The molecule has 1 amide bonds. The predicted molar refractivity (Wildman–Crippen MR) is 71.8 cm³/mol. The van der Waals surface area contributed by atoms with Gasteiger partial charge < -0.3 is 10.1 Å². The number of hydrogen-bond acceptors (Lipinski definition) is 4. The Hall–Kier alpha value is -2.06. The first-order valence-electron chi connectivity index (χ1n) is 6.30. The molecule has 5 heteroatoms. The maximum atomic E-state index is 12.2. The third-order valence-electron chi connectivity index (χ3n) is 3.30. The van der Waals surface area contributed by atoms with Crippen LogP contribution in [0.2, 0.25) is 0 Å². The molecule has 1 aromatic rings. The number of methoxy groups -OCH3 is 1. The summed E-state index contributed by atoms with van der Waals surface area (Å²) in [5.41, 5.74) is 0.745. The molecule has 5 nitrogen and oxygen atoms in total. The van der Waals surface area contributed by atoms with Crippen molar-refractivity contribution >= 4 is 11.6 Å². The van der Waals surface area contributed by atoms with Gasteiger partial charge in [0.05, 0.1) is 25.8 Å². The second-order valence-electron chi connectivity index (χ2n) is 4.50. The van der Waals surface area contributed by atoms with E-state index in [2.05, 4.69) is 11.4 Å². The van der Waals surface area contributed by atoms with Crippen molar-refractivity contribution in [2.75, 3.05) is 25.5 Å². The first-order chi connectivity index (χ1) is 9.24. The highest BCUT2D eigenvalue weighted by Crippen LogP contribution is 2.20. The van der Waals surface area contributed by atoms with E-state index >= 15 is 0 Å². The van der Waals surface area contributed by atoms with Crippen molar-refractivity contribution < 1.29 is 9.53 Å². The van der Waals surface area contributed by atoms with Gasteiger partial charge in [0, 0.05) is 12.2 Å². The van der Waals surface area contributed by atoms with E-state index in [1.165, 1.54) is 0 Å². The molecule has 1 aliphatic heterocycles. The van der Waals surface area contributed by atoms with E-state index in [9.17, 15) is 4.79 Å². The summed E-state index contributed by atoms with van der Waals surface area (Å²) in [5, 5.41) is 11.6. The monoisotopic (exact) mass is 259 g/mol. The highest BCUT2D eigenvalue weighted by molar-refractivity contribution is 5.95. The minimum absolute atomic E-state index is 0.0436. The van der Waals surface area contributed by atoms with Gasteiger partial charge in [0.15, 0.2) is 0 Å². The van der Waals surface area contributed by atoms with Crippen LogP contribution in [0, 0.1) is 11.3 Å². The van der Waals surface area contributed by atoms with Crippen LogP contribution in [0.25, 0.3) is 0 Å². The van der Waals surface area contributed by atoms with Crippen molar-refractivity contribution in [1.29, 1.82) is 5.26 Å². The number of amides is 1. The second-order valence-corrected chi connectivity index (χ2v) is 4.50. The summed E-state index contributed by atoms with van der Waals surface area (Å²) in [6.07, 6.45) is 1.77. The van der Waals surface area contributed by atoms with Gasteiger partial charge in [0.25, 0.3) is 0 Å². The average molecular weight is 259 g/mol. The SMILES string of the molecule is COc1ccc(NC(=O)[C@H]2CCCN2CC#N)cc1. The largest absolute Gasteiger partial charge is 0.497 e. The van der Waals surface area contributed by atoms with Gasteiger partial charge in [0.1, 0.15) is 5.75 Å². The molecule has 19 heavy (non-hydrogen) atoms. The van der Waals surface area contributed by atoms with Crippen LogP contribution >= 0.6 is 0 Å². The number of likely N-dealkylation sites (tertiary alicyclic amines) is 1. The topological polar surface area (TPSA) is 65.4 Å². The number of hydrogen-bond donors (Lipinski definition) is 1. The molecule has 1 fully saturated rings. The van der Waals surface area contributed by atoms with E-state index in [-0.39, 0.29) is 11.9 Å². The number of rotatable bonds is 4. The fraction of sp³-hybridized carbons (Fsp3) is 0.429. The Balaban J connectivity index is 1.98. The lowest BCUT2D eigenvalue weighted by molar-refractivity contribution is -0.120. The van der Waals surface area contributed by atoms with Crippen molar-refractivity contribution in [2.24, 2.45) is 0 Å². The molecule has 0 unspecified atom stereocenters. The highest BCUT2D eigenvalue weighted by Gasteiger charge is 2.30. The zero-order chi connectivity index (χ0) is 13.7. The molecule has 1 saturated heterocycles. The van der Waals surface area contributed by atoms with Gasteiger partial charge in [-0.25, -0.2) is 0 Å². The Labute approximate surface area is 112 Å². The van der Waals surface area contributed by atoms with Gasteiger partial charge in [-0.05, 0) is 37.1 Å². The van der Waals surface area contributed by atoms with Gasteiger partial charge >= 0.3 is 0 Å². The summed E-state index contributed by atoms with van der Waals surface area (Å²) < 4.78 is 5.07. The van der Waals surface area contributed by atoms with Crippen molar-refractivity contribution in [2.45, 2.75) is 18.9 Å². The number of nitriles is 1. The van der Waals surface area contributed by atoms with E-state index in [0.717, 1.165) is 30.8 Å². The van der Waals surface area contributed by atoms with Gasteiger partial charge in [-0.3, -0.25) is 9.69 Å². The molecule has 1 aromatic carbocycles. The van der Waals surface area contributed by atoms with Gasteiger partial charge in [-0.15, -0.1) is 0 Å². The molecular formula is C14H17N3O2. The normalized spacial score (nSPS) is 18.8. The first-order valence-corrected chi connectivity index (χ1v) is 6.30. The summed E-state index contributed by atoms with van der Waals surface area (Å²) in [6.45, 7) is 1.12. The van der Waals surface area contributed by atoms with Crippen LogP contribution in [0.1, 0.15) is 12.8 Å². The van der Waals surface area contributed by atoms with Gasteiger partial charge in [-0.1, -0.05) is 0 Å². The lowest BCUT2D eigenvalue weighted by Gasteiger charge is -2.20. The third kappa shape index (κ3) is 3.24. The number of carbonyl (C=O) groups excluding carboxylic acids is 1. The molecule has 0 aliphatic carbocycles. The Morgan fingerprint density at radius 1 is 1.53 bits per heavy atom. The lowest BCUT2D eigenvalue weighted by atomic mass is 10.2. The Kier molecular flexibility index (Phi) is 4.37. The van der Waals surface area contributed by atoms with Crippen LogP contribution in [0.15, 0.2) is 24.3 Å². The van der Waals surface area contributed by atoms with E-state index in [4.69, 9.17) is 10.00 Å². The number of carbonyl (C=O) groups is 1. The summed E-state index contributed by atoms with van der Waals surface area (Å²) in [5.74, 6) is 0.711. The van der Waals surface area contributed by atoms with E-state index in [1.807, 2.05) is 4.90 Å². The third-order valence-corrected chi connectivity index (χ3v) is 3.30. The summed E-state index contributed by atoms with van der Waals surface area (Å²) in [4.78, 5) is 14.1. The molecule has 0 radical (unpaired) electrons. The van der Waals surface area contributed by atoms with Crippen LogP contribution in [0.5, 0.6) is 5.75 Å². The van der Waals surface area contributed by atoms with Gasteiger partial charge in [0.2, 0.25) is 5.91 Å². The van der Waals surface area contributed by atoms with Crippen LogP contribution in [-0.4, -0.2) is 37.0 Å². The first kappa shape index (κ1) is 13.4. The molecule has 2 rings (SSSR count). The Morgan fingerprint density at radius 3 is 2.89 bits per heavy atom. The zero-order valence-corrected chi connectivity index (χ0v) is 10.9. The summed E-state index contributed by atoms with van der Waals surface area (Å²) >= 11 is 0. The molecule has 0 saturated carbocycles. The summed E-state index contributed by atoms with van der Waals surface area (Å²) in [7, 11) is 1.60. The number of nitrogens with one attached hydrogen (secondary N) is 1. The quantitative estimate of drug-likeness (QED) is 0.834. The van der Waals surface area contributed by atoms with Crippen LogP contribution in [0.3, 0.4) is 0 Å². The van der Waals surface area contributed by atoms with Crippen LogP contribution < -0.4 is 10.1 Å². The van der Waals surface area contributed by atoms with Crippen LogP contribution in [0.4, 0.5) is 5.69 Å². The second kappa shape index (κ2) is 6.21. The minimum Gasteiger partial charge on any atom is -0.497 e. The molecule has 1 heterocycles. The van der Waals surface area contributed by atoms with Crippen molar-refractivity contribution in [1.82, 2.24) is 4.90 Å². The number of ether oxygens (including phenoxy) is 1. The van der Waals surface area contributed by atoms with Gasteiger partial charge in [-0.2, -0.15) is 5.26 Å². The lowest BCUT2D eigenvalue weighted by Crippen LogP contribution is -2.39. The standard InChI is InChI=1S/C14H17N3O2/c1-19-12-6-4-11(5-7-12)16-14(18)13-3-2-9-17(13)10-8-15/h4-7,13H,2-3,9-10H2,1H3,(H,16,18)/t13-/m1/s1. The zero-order valence-electron chi connectivity index (χ0n) is 10.9. The number of nitrogens with zero attached hydrogens (tertiary/aromatic N) is 2. The molecule has 1 N–H and O–H groups in total. The highest BCUT2D eigenvalue weighted by atomic mass is 16.5. The maximum Gasteiger partial charge on any atom is 0.241 e. The fourth-order valence-corrected chi connectivity index (χ4v) is 2.30. The van der Waals surface area contributed by atoms with E-state index in [1.54, 1.807) is 31.4 Å². The molecular weight excluding hydrogens is 242 g/mol. The van der Waals surface area contributed by atoms with Crippen molar-refractivity contribution in [3.05, 3.63) is 24.3 Å². The maximum absolute atomic E-state index is 12.2. The molecule has 100 valence electrons. The van der Waals surface area contributed by atoms with Crippen molar-refractivity contribution in [3.63, 3.8) is 0 Å². The Morgan fingerprint density at radius 2 is 2.26 bits per heavy atom.